The highest BCUT2D eigenvalue weighted by Gasteiger charge is 2.20. The maximum Gasteiger partial charge on any atom is 0.354 e. The van der Waals surface area contributed by atoms with E-state index in [0.717, 1.165) is 21.2 Å². The standard InChI is InChI=1S/C19H15BrN2O4/c1-11-14(21-18(26-11)12-4-3-5-13(20)8-12)10-22-15-6-7-25-17(15)9-16(22)19(23)24-2/h3-9H,10H2,1-2H3. The lowest BCUT2D eigenvalue weighted by Crippen LogP contribution is -2.12. The van der Waals surface area contributed by atoms with E-state index in [-0.39, 0.29) is 0 Å². The summed E-state index contributed by atoms with van der Waals surface area (Å²) in [6.07, 6.45) is 1.59. The van der Waals surface area contributed by atoms with Crippen molar-refractivity contribution in [2.24, 2.45) is 0 Å². The van der Waals surface area contributed by atoms with Crippen LogP contribution in [0.1, 0.15) is 21.9 Å². The molecule has 0 aliphatic heterocycles. The van der Waals surface area contributed by atoms with Gasteiger partial charge in [-0.2, -0.15) is 0 Å². The minimum atomic E-state index is -0.426. The van der Waals surface area contributed by atoms with Crippen LogP contribution in [0.2, 0.25) is 0 Å². The summed E-state index contributed by atoms with van der Waals surface area (Å²) in [7, 11) is 1.36. The normalized spacial score (nSPS) is 11.2. The van der Waals surface area contributed by atoms with E-state index in [0.29, 0.717) is 29.5 Å². The predicted molar refractivity (Wildman–Crippen MR) is 99.0 cm³/mol. The summed E-state index contributed by atoms with van der Waals surface area (Å²) in [5, 5.41) is 0. The van der Waals surface area contributed by atoms with Gasteiger partial charge >= 0.3 is 5.97 Å². The molecule has 6 nitrogen and oxygen atoms in total. The van der Waals surface area contributed by atoms with Crippen LogP contribution in [0.15, 0.2) is 56.0 Å². The number of methoxy groups -OCH3 is 1. The van der Waals surface area contributed by atoms with E-state index in [1.807, 2.05) is 41.8 Å². The van der Waals surface area contributed by atoms with Crippen LogP contribution in [0.5, 0.6) is 0 Å². The average Bonchev–Trinajstić information content (AvgIpc) is 3.31. The first-order valence-electron chi connectivity index (χ1n) is 7.94. The van der Waals surface area contributed by atoms with Crippen molar-refractivity contribution in [3.8, 4) is 11.5 Å². The molecule has 4 aromatic rings. The molecule has 26 heavy (non-hydrogen) atoms. The summed E-state index contributed by atoms with van der Waals surface area (Å²) in [4.78, 5) is 16.7. The van der Waals surface area contributed by atoms with Crippen LogP contribution < -0.4 is 0 Å². The van der Waals surface area contributed by atoms with Gasteiger partial charge in [-0.05, 0) is 25.1 Å². The molecule has 0 N–H and O–H groups in total. The zero-order valence-corrected chi connectivity index (χ0v) is 15.7. The molecule has 0 saturated carbocycles. The number of benzene rings is 1. The van der Waals surface area contributed by atoms with Crippen molar-refractivity contribution in [2.75, 3.05) is 7.11 Å². The molecule has 3 heterocycles. The first kappa shape index (κ1) is 16.7. The van der Waals surface area contributed by atoms with Gasteiger partial charge in [-0.3, -0.25) is 0 Å². The maximum atomic E-state index is 12.1. The second kappa shape index (κ2) is 6.49. The van der Waals surface area contributed by atoms with Gasteiger partial charge in [0.15, 0.2) is 5.58 Å². The number of rotatable bonds is 4. The number of ether oxygens (including phenoxy) is 1. The number of halogens is 1. The fraction of sp³-hybridized carbons (Fsp3) is 0.158. The first-order valence-corrected chi connectivity index (χ1v) is 8.73. The third kappa shape index (κ3) is 2.84. The van der Waals surface area contributed by atoms with Gasteiger partial charge in [0.2, 0.25) is 5.89 Å². The number of aromatic nitrogens is 2. The van der Waals surface area contributed by atoms with E-state index in [1.165, 1.54) is 7.11 Å². The molecule has 0 radical (unpaired) electrons. The Labute approximate surface area is 157 Å². The monoisotopic (exact) mass is 414 g/mol. The van der Waals surface area contributed by atoms with Gasteiger partial charge in [-0.1, -0.05) is 22.0 Å². The number of fused-ring (bicyclic) bond motifs is 1. The minimum Gasteiger partial charge on any atom is -0.464 e. The van der Waals surface area contributed by atoms with Gasteiger partial charge in [0, 0.05) is 22.2 Å². The number of nitrogens with zero attached hydrogens (tertiary/aromatic N) is 2. The second-order valence-electron chi connectivity index (χ2n) is 5.81. The molecule has 0 bridgehead atoms. The topological polar surface area (TPSA) is 70.4 Å². The SMILES string of the molecule is COC(=O)c1cc2occc2n1Cc1nc(-c2cccc(Br)c2)oc1C. The Morgan fingerprint density at radius 3 is 2.92 bits per heavy atom. The van der Waals surface area contributed by atoms with E-state index in [1.54, 1.807) is 12.3 Å². The number of carbonyl (C=O) groups is 1. The quantitative estimate of drug-likeness (QED) is 0.448. The molecule has 0 aliphatic carbocycles. The van der Waals surface area contributed by atoms with Gasteiger partial charge in [0.25, 0.3) is 0 Å². The van der Waals surface area contributed by atoms with Crippen LogP contribution in [-0.4, -0.2) is 22.6 Å². The minimum absolute atomic E-state index is 0.372. The van der Waals surface area contributed by atoms with E-state index >= 15 is 0 Å². The van der Waals surface area contributed by atoms with Crippen LogP contribution in [0.25, 0.3) is 22.6 Å². The molecule has 0 amide bonds. The fourth-order valence-corrected chi connectivity index (χ4v) is 3.29. The van der Waals surface area contributed by atoms with Gasteiger partial charge in [-0.15, -0.1) is 0 Å². The molecular formula is C19H15BrN2O4. The number of hydrogen-bond donors (Lipinski definition) is 0. The van der Waals surface area contributed by atoms with Crippen LogP contribution in [0.4, 0.5) is 0 Å². The second-order valence-corrected chi connectivity index (χ2v) is 6.73. The number of hydrogen-bond acceptors (Lipinski definition) is 5. The van der Waals surface area contributed by atoms with Gasteiger partial charge < -0.3 is 18.1 Å². The summed E-state index contributed by atoms with van der Waals surface area (Å²) in [6.45, 7) is 2.23. The van der Waals surface area contributed by atoms with Crippen molar-refractivity contribution in [3.05, 3.63) is 64.3 Å². The summed E-state index contributed by atoms with van der Waals surface area (Å²) in [5.74, 6) is 0.805. The number of aryl methyl sites for hydroxylation is 1. The number of carbonyl (C=O) groups excluding carboxylic acids is 1. The lowest BCUT2D eigenvalue weighted by molar-refractivity contribution is 0.0589. The molecule has 4 rings (SSSR count). The highest BCUT2D eigenvalue weighted by atomic mass is 79.9. The van der Waals surface area contributed by atoms with Gasteiger partial charge in [0.1, 0.15) is 17.1 Å². The Hall–Kier alpha value is -2.80. The summed E-state index contributed by atoms with van der Waals surface area (Å²) in [5.41, 5.74) is 3.45. The molecule has 1 aromatic carbocycles. The van der Waals surface area contributed by atoms with E-state index < -0.39 is 5.97 Å². The van der Waals surface area contributed by atoms with Crippen LogP contribution >= 0.6 is 15.9 Å². The Morgan fingerprint density at radius 2 is 2.15 bits per heavy atom. The molecule has 3 aromatic heterocycles. The largest absolute Gasteiger partial charge is 0.464 e. The Balaban J connectivity index is 1.75. The van der Waals surface area contributed by atoms with Crippen molar-refractivity contribution in [1.82, 2.24) is 9.55 Å². The molecular weight excluding hydrogens is 400 g/mol. The molecule has 132 valence electrons. The van der Waals surface area contributed by atoms with Gasteiger partial charge in [0.05, 0.1) is 25.4 Å². The molecule has 0 saturated heterocycles. The van der Waals surface area contributed by atoms with E-state index in [9.17, 15) is 4.79 Å². The fourth-order valence-electron chi connectivity index (χ4n) is 2.89. The van der Waals surface area contributed by atoms with Crippen molar-refractivity contribution >= 4 is 33.0 Å². The Morgan fingerprint density at radius 1 is 1.31 bits per heavy atom. The smallest absolute Gasteiger partial charge is 0.354 e. The van der Waals surface area contributed by atoms with Crippen LogP contribution in [0.3, 0.4) is 0 Å². The number of esters is 1. The average molecular weight is 415 g/mol. The van der Waals surface area contributed by atoms with Crippen molar-refractivity contribution in [1.29, 1.82) is 0 Å². The summed E-state index contributed by atoms with van der Waals surface area (Å²) >= 11 is 3.45. The van der Waals surface area contributed by atoms with Gasteiger partial charge in [-0.25, -0.2) is 9.78 Å². The Kier molecular flexibility index (Phi) is 4.16. The molecule has 0 unspecified atom stereocenters. The van der Waals surface area contributed by atoms with E-state index in [2.05, 4.69) is 20.9 Å². The summed E-state index contributed by atoms with van der Waals surface area (Å²) < 4.78 is 18.9. The number of furan rings is 1. The van der Waals surface area contributed by atoms with Crippen molar-refractivity contribution < 1.29 is 18.4 Å². The zero-order valence-electron chi connectivity index (χ0n) is 14.2. The van der Waals surface area contributed by atoms with Crippen LogP contribution in [-0.2, 0) is 11.3 Å². The Bertz CT molecular complexity index is 1110. The lowest BCUT2D eigenvalue weighted by Gasteiger charge is -2.07. The molecule has 7 heteroatoms. The molecule has 0 fully saturated rings. The molecule has 0 spiro atoms. The molecule has 0 atom stereocenters. The third-order valence-corrected chi connectivity index (χ3v) is 4.68. The maximum absolute atomic E-state index is 12.1. The summed E-state index contributed by atoms with van der Waals surface area (Å²) in [6, 6.07) is 11.2. The highest BCUT2D eigenvalue weighted by molar-refractivity contribution is 9.10. The first-order chi connectivity index (χ1) is 12.6. The highest BCUT2D eigenvalue weighted by Crippen LogP contribution is 2.27. The third-order valence-electron chi connectivity index (χ3n) is 4.19. The van der Waals surface area contributed by atoms with E-state index in [4.69, 9.17) is 13.6 Å². The number of oxazole rings is 1. The zero-order chi connectivity index (χ0) is 18.3. The van der Waals surface area contributed by atoms with Crippen molar-refractivity contribution in [3.63, 3.8) is 0 Å². The predicted octanol–water partition coefficient (Wildman–Crippen LogP) is 4.80. The molecule has 0 aliphatic rings. The van der Waals surface area contributed by atoms with Crippen molar-refractivity contribution in [2.45, 2.75) is 13.5 Å². The lowest BCUT2D eigenvalue weighted by atomic mass is 10.2. The van der Waals surface area contributed by atoms with Crippen LogP contribution in [0, 0.1) is 6.92 Å².